The van der Waals surface area contributed by atoms with Crippen molar-refractivity contribution in [2.75, 3.05) is 5.32 Å². The van der Waals surface area contributed by atoms with Crippen LogP contribution in [-0.2, 0) is 0 Å². The molecule has 0 aliphatic heterocycles. The SMILES string of the molecule is O=C(Nc1ccc(-c2nnnn2C2CC2)cc1)c1ccsc1. The smallest absolute Gasteiger partial charge is 0.256 e. The Bertz CT molecular complexity index is 790. The van der Waals surface area contributed by atoms with Gasteiger partial charge in [-0.05, 0) is 59.0 Å². The number of thiophene rings is 1. The van der Waals surface area contributed by atoms with E-state index in [4.69, 9.17) is 0 Å². The van der Waals surface area contributed by atoms with Crippen LogP contribution in [0.5, 0.6) is 0 Å². The third-order valence-electron chi connectivity index (χ3n) is 3.57. The van der Waals surface area contributed by atoms with E-state index in [1.807, 2.05) is 39.7 Å². The van der Waals surface area contributed by atoms with E-state index >= 15 is 0 Å². The van der Waals surface area contributed by atoms with Crippen molar-refractivity contribution < 1.29 is 4.79 Å². The average molecular weight is 311 g/mol. The van der Waals surface area contributed by atoms with Gasteiger partial charge in [0.05, 0.1) is 11.6 Å². The van der Waals surface area contributed by atoms with Crippen molar-refractivity contribution in [1.29, 1.82) is 0 Å². The molecule has 110 valence electrons. The van der Waals surface area contributed by atoms with Gasteiger partial charge in [0.15, 0.2) is 5.82 Å². The molecule has 1 fully saturated rings. The molecule has 1 aliphatic carbocycles. The Morgan fingerprint density at radius 2 is 2.05 bits per heavy atom. The zero-order chi connectivity index (χ0) is 14.9. The number of nitrogens with one attached hydrogen (secondary N) is 1. The second-order valence-corrected chi connectivity index (χ2v) is 6.00. The number of rotatable bonds is 4. The van der Waals surface area contributed by atoms with Crippen molar-refractivity contribution >= 4 is 22.9 Å². The lowest BCUT2D eigenvalue weighted by Crippen LogP contribution is -2.10. The van der Waals surface area contributed by atoms with Crippen molar-refractivity contribution in [3.05, 3.63) is 46.7 Å². The van der Waals surface area contributed by atoms with Crippen LogP contribution in [0.15, 0.2) is 41.1 Å². The number of tetrazole rings is 1. The average Bonchev–Trinajstić information content (AvgIpc) is 3.05. The zero-order valence-electron chi connectivity index (χ0n) is 11.6. The molecule has 0 spiro atoms. The van der Waals surface area contributed by atoms with Gasteiger partial charge in [0.1, 0.15) is 0 Å². The van der Waals surface area contributed by atoms with Gasteiger partial charge >= 0.3 is 0 Å². The summed E-state index contributed by atoms with van der Waals surface area (Å²) in [7, 11) is 0. The summed E-state index contributed by atoms with van der Waals surface area (Å²) in [6.07, 6.45) is 2.26. The molecule has 6 nitrogen and oxygen atoms in total. The molecule has 4 rings (SSSR count). The van der Waals surface area contributed by atoms with Gasteiger partial charge in [0, 0.05) is 16.6 Å². The maximum Gasteiger partial charge on any atom is 0.256 e. The normalized spacial score (nSPS) is 14.0. The second-order valence-electron chi connectivity index (χ2n) is 5.22. The highest BCUT2D eigenvalue weighted by molar-refractivity contribution is 7.08. The number of hydrogen-bond acceptors (Lipinski definition) is 5. The summed E-state index contributed by atoms with van der Waals surface area (Å²) in [4.78, 5) is 12.0. The third kappa shape index (κ3) is 2.50. The topological polar surface area (TPSA) is 72.7 Å². The molecule has 0 bridgehead atoms. The summed E-state index contributed by atoms with van der Waals surface area (Å²) in [5.41, 5.74) is 2.38. The summed E-state index contributed by atoms with van der Waals surface area (Å²) in [5, 5.41) is 18.5. The van der Waals surface area contributed by atoms with Crippen molar-refractivity contribution in [1.82, 2.24) is 20.2 Å². The molecule has 0 saturated heterocycles. The molecular weight excluding hydrogens is 298 g/mol. The van der Waals surface area contributed by atoms with Crippen LogP contribution in [0.25, 0.3) is 11.4 Å². The van der Waals surface area contributed by atoms with Crippen LogP contribution in [-0.4, -0.2) is 26.1 Å². The Morgan fingerprint density at radius 1 is 1.23 bits per heavy atom. The first-order valence-corrected chi connectivity index (χ1v) is 7.97. The minimum atomic E-state index is -0.100. The van der Waals surface area contributed by atoms with E-state index in [0.717, 1.165) is 29.9 Å². The number of nitrogens with zero attached hydrogens (tertiary/aromatic N) is 4. The first kappa shape index (κ1) is 13.1. The summed E-state index contributed by atoms with van der Waals surface area (Å²) in [6.45, 7) is 0. The van der Waals surface area contributed by atoms with E-state index in [2.05, 4.69) is 20.8 Å². The van der Waals surface area contributed by atoms with Gasteiger partial charge in [-0.3, -0.25) is 4.79 Å². The Labute approximate surface area is 130 Å². The first-order valence-electron chi connectivity index (χ1n) is 7.03. The number of anilines is 1. The van der Waals surface area contributed by atoms with Crippen molar-refractivity contribution in [2.45, 2.75) is 18.9 Å². The van der Waals surface area contributed by atoms with Gasteiger partial charge in [-0.2, -0.15) is 11.3 Å². The Balaban J connectivity index is 1.53. The van der Waals surface area contributed by atoms with Gasteiger partial charge in [-0.1, -0.05) is 0 Å². The summed E-state index contributed by atoms with van der Waals surface area (Å²) in [5.74, 6) is 0.676. The summed E-state index contributed by atoms with van der Waals surface area (Å²) >= 11 is 1.50. The predicted octanol–water partition coefficient (Wildman–Crippen LogP) is 2.99. The fourth-order valence-corrected chi connectivity index (χ4v) is 2.88. The third-order valence-corrected chi connectivity index (χ3v) is 4.25. The lowest BCUT2D eigenvalue weighted by Gasteiger charge is -2.06. The number of aromatic nitrogens is 4. The van der Waals surface area contributed by atoms with Gasteiger partial charge in [0.2, 0.25) is 0 Å². The van der Waals surface area contributed by atoms with E-state index in [0.29, 0.717) is 11.6 Å². The number of hydrogen-bond donors (Lipinski definition) is 1. The molecule has 1 aromatic carbocycles. The summed E-state index contributed by atoms with van der Waals surface area (Å²) < 4.78 is 1.87. The minimum absolute atomic E-state index is 0.100. The number of benzene rings is 1. The van der Waals surface area contributed by atoms with Gasteiger partial charge < -0.3 is 5.32 Å². The van der Waals surface area contributed by atoms with E-state index in [1.54, 1.807) is 6.07 Å². The van der Waals surface area contributed by atoms with E-state index in [1.165, 1.54) is 11.3 Å². The van der Waals surface area contributed by atoms with Gasteiger partial charge in [0.25, 0.3) is 5.91 Å². The zero-order valence-corrected chi connectivity index (χ0v) is 12.5. The quantitative estimate of drug-likeness (QED) is 0.804. The summed E-state index contributed by atoms with van der Waals surface area (Å²) in [6, 6.07) is 9.82. The van der Waals surface area contributed by atoms with Crippen LogP contribution < -0.4 is 5.32 Å². The molecule has 0 unspecified atom stereocenters. The van der Waals surface area contributed by atoms with Crippen molar-refractivity contribution in [3.63, 3.8) is 0 Å². The van der Waals surface area contributed by atoms with Gasteiger partial charge in [-0.25, -0.2) is 4.68 Å². The van der Waals surface area contributed by atoms with Crippen LogP contribution in [0.1, 0.15) is 29.2 Å². The Kier molecular flexibility index (Phi) is 3.19. The maximum atomic E-state index is 12.0. The monoisotopic (exact) mass is 311 g/mol. The molecule has 2 aromatic heterocycles. The second kappa shape index (κ2) is 5.34. The minimum Gasteiger partial charge on any atom is -0.322 e. The molecule has 1 N–H and O–H groups in total. The fraction of sp³-hybridized carbons (Fsp3) is 0.200. The highest BCUT2D eigenvalue weighted by Crippen LogP contribution is 2.36. The predicted molar refractivity (Wildman–Crippen MR) is 83.8 cm³/mol. The molecule has 1 aliphatic rings. The van der Waals surface area contributed by atoms with Gasteiger partial charge in [-0.15, -0.1) is 5.10 Å². The van der Waals surface area contributed by atoms with E-state index in [9.17, 15) is 4.79 Å². The van der Waals surface area contributed by atoms with Crippen LogP contribution in [0.3, 0.4) is 0 Å². The highest BCUT2D eigenvalue weighted by Gasteiger charge is 2.28. The van der Waals surface area contributed by atoms with Crippen LogP contribution in [0, 0.1) is 0 Å². The lowest BCUT2D eigenvalue weighted by atomic mass is 10.2. The molecule has 7 heteroatoms. The number of amides is 1. The molecule has 1 amide bonds. The van der Waals surface area contributed by atoms with Crippen LogP contribution in [0.4, 0.5) is 5.69 Å². The van der Waals surface area contributed by atoms with Crippen molar-refractivity contribution in [3.8, 4) is 11.4 Å². The molecule has 0 atom stereocenters. The van der Waals surface area contributed by atoms with Crippen LogP contribution in [0.2, 0.25) is 0 Å². The largest absolute Gasteiger partial charge is 0.322 e. The van der Waals surface area contributed by atoms with Crippen LogP contribution >= 0.6 is 11.3 Å². The number of carbonyl (C=O) groups excluding carboxylic acids is 1. The molecule has 0 radical (unpaired) electrons. The maximum absolute atomic E-state index is 12.0. The van der Waals surface area contributed by atoms with E-state index in [-0.39, 0.29) is 5.91 Å². The first-order chi connectivity index (χ1) is 10.8. The fourth-order valence-electron chi connectivity index (χ4n) is 2.25. The van der Waals surface area contributed by atoms with Crippen molar-refractivity contribution in [2.24, 2.45) is 0 Å². The molecule has 1 saturated carbocycles. The van der Waals surface area contributed by atoms with E-state index < -0.39 is 0 Å². The number of carbonyl (C=O) groups is 1. The molecular formula is C15H13N5OS. The molecule has 22 heavy (non-hydrogen) atoms. The molecule has 2 heterocycles. The molecule has 3 aromatic rings. The Hall–Kier alpha value is -2.54. The highest BCUT2D eigenvalue weighted by atomic mass is 32.1. The Morgan fingerprint density at radius 3 is 2.73 bits per heavy atom. The lowest BCUT2D eigenvalue weighted by molar-refractivity contribution is 0.102. The standard InChI is InChI=1S/C15H13N5OS/c21-15(11-7-8-22-9-11)16-12-3-1-10(2-4-12)14-17-18-19-20(14)13-5-6-13/h1-4,7-9,13H,5-6H2,(H,16,21).